The number of nitrogens with one attached hydrogen (secondary N) is 1. The van der Waals surface area contributed by atoms with Gasteiger partial charge in [-0.05, 0) is 53.6 Å². The minimum absolute atomic E-state index is 0.0587. The number of rotatable bonds is 11. The highest BCUT2D eigenvalue weighted by molar-refractivity contribution is 7.14. The maximum atomic E-state index is 12.7. The monoisotopic (exact) mass is 513 g/mol. The van der Waals surface area contributed by atoms with E-state index < -0.39 is 0 Å². The van der Waals surface area contributed by atoms with Crippen molar-refractivity contribution in [1.29, 1.82) is 0 Å². The van der Waals surface area contributed by atoms with Crippen molar-refractivity contribution in [1.82, 2.24) is 0 Å². The molecule has 37 heavy (non-hydrogen) atoms. The molecule has 4 aromatic rings. The fourth-order valence-electron chi connectivity index (χ4n) is 3.64. The second kappa shape index (κ2) is 12.6. The standard InChI is InChI=1S/C30H27NO5S/c1-34-26-11-7-6-10-24(26)31-30(33)20-36-27-16-13-22(19-28(27)35-2)12-15-25(32)29-17-14-23(37-29)18-21-8-4-3-5-9-21/h3-17,19H,18,20H2,1-2H3,(H,31,33)/b15-12+. The summed E-state index contributed by atoms with van der Waals surface area (Å²) in [4.78, 5) is 26.9. The maximum Gasteiger partial charge on any atom is 0.262 e. The van der Waals surface area contributed by atoms with Crippen molar-refractivity contribution in [3.05, 3.63) is 112 Å². The first kappa shape index (κ1) is 25.7. The van der Waals surface area contributed by atoms with E-state index in [0.29, 0.717) is 27.8 Å². The zero-order chi connectivity index (χ0) is 26.0. The summed E-state index contributed by atoms with van der Waals surface area (Å²) < 4.78 is 16.3. The van der Waals surface area contributed by atoms with Gasteiger partial charge >= 0.3 is 0 Å². The molecule has 0 saturated heterocycles. The molecule has 1 N–H and O–H groups in total. The summed E-state index contributed by atoms with van der Waals surface area (Å²) in [6.07, 6.45) is 4.09. The minimum Gasteiger partial charge on any atom is -0.495 e. The van der Waals surface area contributed by atoms with E-state index in [1.165, 1.54) is 24.0 Å². The third-order valence-corrected chi connectivity index (χ3v) is 6.58. The largest absolute Gasteiger partial charge is 0.495 e. The van der Waals surface area contributed by atoms with Gasteiger partial charge in [-0.3, -0.25) is 9.59 Å². The predicted molar refractivity (Wildman–Crippen MR) is 147 cm³/mol. The SMILES string of the molecule is COc1ccccc1NC(=O)COc1ccc(/C=C/C(=O)c2ccc(Cc3ccccc3)s2)cc1OC. The Morgan fingerprint density at radius 2 is 1.59 bits per heavy atom. The van der Waals surface area contributed by atoms with Crippen molar-refractivity contribution in [2.75, 3.05) is 26.1 Å². The van der Waals surface area contributed by atoms with Gasteiger partial charge in [0.2, 0.25) is 0 Å². The fourth-order valence-corrected chi connectivity index (χ4v) is 4.60. The summed E-state index contributed by atoms with van der Waals surface area (Å²) >= 11 is 1.50. The number of anilines is 1. The number of para-hydroxylation sites is 2. The lowest BCUT2D eigenvalue weighted by Gasteiger charge is -2.13. The van der Waals surface area contributed by atoms with Gasteiger partial charge in [-0.1, -0.05) is 54.6 Å². The van der Waals surface area contributed by atoms with E-state index in [9.17, 15) is 9.59 Å². The zero-order valence-corrected chi connectivity index (χ0v) is 21.4. The normalized spacial score (nSPS) is 10.8. The summed E-state index contributed by atoms with van der Waals surface area (Å²) in [5, 5.41) is 2.77. The van der Waals surface area contributed by atoms with Crippen molar-refractivity contribution in [3.8, 4) is 17.2 Å². The Kier molecular flexibility index (Phi) is 8.73. The van der Waals surface area contributed by atoms with Crippen LogP contribution in [-0.4, -0.2) is 32.5 Å². The van der Waals surface area contributed by atoms with E-state index in [0.717, 1.165) is 16.9 Å². The second-order valence-electron chi connectivity index (χ2n) is 8.07. The van der Waals surface area contributed by atoms with Crippen molar-refractivity contribution in [2.24, 2.45) is 0 Å². The van der Waals surface area contributed by atoms with Crippen LogP contribution in [0.3, 0.4) is 0 Å². The van der Waals surface area contributed by atoms with Crippen LogP contribution in [-0.2, 0) is 11.2 Å². The number of carbonyl (C=O) groups excluding carboxylic acids is 2. The number of allylic oxidation sites excluding steroid dienone is 1. The van der Waals surface area contributed by atoms with E-state index in [-0.39, 0.29) is 18.3 Å². The summed E-state index contributed by atoms with van der Waals surface area (Å²) in [6.45, 7) is -0.203. The summed E-state index contributed by atoms with van der Waals surface area (Å²) in [6, 6.07) is 26.4. The molecule has 0 saturated carbocycles. The van der Waals surface area contributed by atoms with E-state index >= 15 is 0 Å². The molecule has 0 atom stereocenters. The van der Waals surface area contributed by atoms with Crippen LogP contribution in [0.1, 0.15) is 25.7 Å². The summed E-state index contributed by atoms with van der Waals surface area (Å²) in [5.74, 6) is 1.06. The Bertz CT molecular complexity index is 1390. The average molecular weight is 514 g/mol. The third-order valence-electron chi connectivity index (χ3n) is 5.48. The molecule has 4 rings (SSSR count). The van der Waals surface area contributed by atoms with E-state index in [2.05, 4.69) is 17.4 Å². The maximum absolute atomic E-state index is 12.7. The Morgan fingerprint density at radius 1 is 0.838 bits per heavy atom. The fraction of sp³-hybridized carbons (Fsp3) is 0.133. The number of carbonyl (C=O) groups is 2. The highest BCUT2D eigenvalue weighted by Gasteiger charge is 2.11. The Balaban J connectivity index is 1.35. The Hall–Kier alpha value is -4.36. The number of thiophene rings is 1. The highest BCUT2D eigenvalue weighted by Crippen LogP contribution is 2.29. The quantitative estimate of drug-likeness (QED) is 0.189. The number of methoxy groups -OCH3 is 2. The van der Waals surface area contributed by atoms with Gasteiger partial charge in [0.25, 0.3) is 5.91 Å². The molecule has 0 bridgehead atoms. The highest BCUT2D eigenvalue weighted by atomic mass is 32.1. The van der Waals surface area contributed by atoms with Gasteiger partial charge in [-0.25, -0.2) is 0 Å². The number of ketones is 1. The van der Waals surface area contributed by atoms with Crippen LogP contribution >= 0.6 is 11.3 Å². The minimum atomic E-state index is -0.330. The van der Waals surface area contributed by atoms with Gasteiger partial charge < -0.3 is 19.5 Å². The molecule has 0 radical (unpaired) electrons. The van der Waals surface area contributed by atoms with Gasteiger partial charge in [0.15, 0.2) is 23.9 Å². The van der Waals surface area contributed by atoms with Crippen LogP contribution in [0.25, 0.3) is 6.08 Å². The molecule has 7 heteroatoms. The van der Waals surface area contributed by atoms with E-state index in [4.69, 9.17) is 14.2 Å². The first-order chi connectivity index (χ1) is 18.1. The molecule has 0 aliphatic heterocycles. The Labute approximate surface area is 220 Å². The number of benzene rings is 3. The molecule has 0 aliphatic rings. The van der Waals surface area contributed by atoms with Crippen LogP contribution in [0.5, 0.6) is 17.2 Å². The molecule has 3 aromatic carbocycles. The van der Waals surface area contributed by atoms with Crippen LogP contribution in [0.2, 0.25) is 0 Å². The molecule has 188 valence electrons. The molecule has 0 aliphatic carbocycles. The van der Waals surface area contributed by atoms with Crippen molar-refractivity contribution in [3.63, 3.8) is 0 Å². The number of hydrogen-bond acceptors (Lipinski definition) is 6. The van der Waals surface area contributed by atoms with Gasteiger partial charge in [-0.2, -0.15) is 0 Å². The van der Waals surface area contributed by atoms with Gasteiger partial charge in [0, 0.05) is 11.3 Å². The molecule has 1 amide bonds. The molecule has 0 fully saturated rings. The van der Waals surface area contributed by atoms with Gasteiger partial charge in [0.1, 0.15) is 5.75 Å². The Morgan fingerprint density at radius 3 is 2.38 bits per heavy atom. The molecule has 1 aromatic heterocycles. The second-order valence-corrected chi connectivity index (χ2v) is 9.24. The number of ether oxygens (including phenoxy) is 3. The van der Waals surface area contributed by atoms with Crippen molar-refractivity contribution in [2.45, 2.75) is 6.42 Å². The van der Waals surface area contributed by atoms with Crippen molar-refractivity contribution >= 4 is 34.8 Å². The first-order valence-electron chi connectivity index (χ1n) is 11.6. The third kappa shape index (κ3) is 7.08. The van der Waals surface area contributed by atoms with Gasteiger partial charge in [0.05, 0.1) is 24.8 Å². The average Bonchev–Trinajstić information content (AvgIpc) is 3.40. The lowest BCUT2D eigenvalue weighted by atomic mass is 10.1. The molecule has 6 nitrogen and oxygen atoms in total. The smallest absolute Gasteiger partial charge is 0.262 e. The topological polar surface area (TPSA) is 73.9 Å². The lowest BCUT2D eigenvalue weighted by molar-refractivity contribution is -0.118. The number of hydrogen-bond donors (Lipinski definition) is 1. The summed E-state index contributed by atoms with van der Waals surface area (Å²) in [5.41, 5.74) is 2.55. The lowest BCUT2D eigenvalue weighted by Crippen LogP contribution is -2.20. The van der Waals surface area contributed by atoms with E-state index in [1.54, 1.807) is 55.7 Å². The van der Waals surface area contributed by atoms with E-state index in [1.807, 2.05) is 36.4 Å². The molecular formula is C30H27NO5S. The van der Waals surface area contributed by atoms with Crippen molar-refractivity contribution < 1.29 is 23.8 Å². The summed E-state index contributed by atoms with van der Waals surface area (Å²) in [7, 11) is 3.06. The van der Waals surface area contributed by atoms with Gasteiger partial charge in [-0.15, -0.1) is 11.3 Å². The molecule has 0 unspecified atom stereocenters. The van der Waals surface area contributed by atoms with Crippen LogP contribution in [0.15, 0.2) is 91.0 Å². The predicted octanol–water partition coefficient (Wildman–Crippen LogP) is 6.27. The molecule has 1 heterocycles. The molecule has 0 spiro atoms. The van der Waals surface area contributed by atoms with Crippen LogP contribution in [0, 0.1) is 0 Å². The van der Waals surface area contributed by atoms with Crippen LogP contribution in [0.4, 0.5) is 5.69 Å². The van der Waals surface area contributed by atoms with Crippen LogP contribution < -0.4 is 19.5 Å². The zero-order valence-electron chi connectivity index (χ0n) is 20.6. The first-order valence-corrected chi connectivity index (χ1v) is 12.5. The number of amides is 1. The molecular weight excluding hydrogens is 486 g/mol.